The van der Waals surface area contributed by atoms with Crippen LogP contribution in [0.25, 0.3) is 11.0 Å². The maximum atomic E-state index is 12.2. The number of rotatable bonds is 4. The monoisotopic (exact) mass is 330 g/mol. The second-order valence-corrected chi connectivity index (χ2v) is 5.24. The van der Waals surface area contributed by atoms with Crippen molar-refractivity contribution in [3.05, 3.63) is 69.0 Å². The molecule has 0 aliphatic carbocycles. The summed E-state index contributed by atoms with van der Waals surface area (Å²) in [6, 6.07) is 11.4. The van der Waals surface area contributed by atoms with E-state index in [-0.39, 0.29) is 22.8 Å². The Kier molecular flexibility index (Phi) is 3.94. The number of H-pyrrole nitrogens is 1. The predicted molar refractivity (Wildman–Crippen MR) is 85.4 cm³/mol. The SMILES string of the molecule is O=C(NCc1nc2ccccc2[nH]1)c1ccc(Cl)cc1[N+](=O)[O-]. The summed E-state index contributed by atoms with van der Waals surface area (Å²) in [5.74, 6) is 0.00462. The summed E-state index contributed by atoms with van der Waals surface area (Å²) in [5, 5.41) is 13.8. The molecule has 0 unspecified atom stereocenters. The van der Waals surface area contributed by atoms with Gasteiger partial charge in [0.2, 0.25) is 0 Å². The number of amides is 1. The van der Waals surface area contributed by atoms with Crippen LogP contribution in [0, 0.1) is 10.1 Å². The standard InChI is InChI=1S/C15H11ClN4O3/c16-9-5-6-10(13(7-9)20(22)23)15(21)17-8-14-18-11-3-1-2-4-12(11)19-14/h1-7H,8H2,(H,17,21)(H,18,19). The number of aromatic amines is 1. The van der Waals surface area contributed by atoms with Crippen LogP contribution in [0.15, 0.2) is 42.5 Å². The first-order valence-electron chi connectivity index (χ1n) is 6.70. The van der Waals surface area contributed by atoms with Crippen molar-refractivity contribution in [3.8, 4) is 0 Å². The average molecular weight is 331 g/mol. The van der Waals surface area contributed by atoms with Gasteiger partial charge in [0.25, 0.3) is 11.6 Å². The lowest BCUT2D eigenvalue weighted by molar-refractivity contribution is -0.385. The molecular weight excluding hydrogens is 320 g/mol. The molecule has 8 heteroatoms. The summed E-state index contributed by atoms with van der Waals surface area (Å²) in [4.78, 5) is 29.9. The number of hydrogen-bond acceptors (Lipinski definition) is 4. The largest absolute Gasteiger partial charge is 0.345 e. The zero-order valence-corrected chi connectivity index (χ0v) is 12.5. The predicted octanol–water partition coefficient (Wildman–Crippen LogP) is 3.05. The number of nitrogens with zero attached hydrogens (tertiary/aromatic N) is 2. The number of nitro groups is 1. The summed E-state index contributed by atoms with van der Waals surface area (Å²) in [6.45, 7) is 0.132. The van der Waals surface area contributed by atoms with Gasteiger partial charge >= 0.3 is 0 Å². The number of para-hydroxylation sites is 2. The second-order valence-electron chi connectivity index (χ2n) is 4.80. The Labute approximate surface area is 135 Å². The second kappa shape index (κ2) is 6.05. The minimum Gasteiger partial charge on any atom is -0.345 e. The van der Waals surface area contributed by atoms with Crippen LogP contribution < -0.4 is 5.32 Å². The van der Waals surface area contributed by atoms with Crippen molar-refractivity contribution in [2.45, 2.75) is 6.54 Å². The summed E-state index contributed by atoms with van der Waals surface area (Å²) in [6.07, 6.45) is 0. The number of imidazole rings is 1. The first kappa shape index (κ1) is 15.0. The van der Waals surface area contributed by atoms with Crippen LogP contribution in [0.1, 0.15) is 16.2 Å². The van der Waals surface area contributed by atoms with E-state index in [2.05, 4.69) is 15.3 Å². The van der Waals surface area contributed by atoms with E-state index in [4.69, 9.17) is 11.6 Å². The third-order valence-electron chi connectivity index (χ3n) is 3.26. The van der Waals surface area contributed by atoms with Crippen molar-refractivity contribution >= 4 is 34.2 Å². The number of hydrogen-bond donors (Lipinski definition) is 2. The first-order valence-corrected chi connectivity index (χ1v) is 7.08. The molecule has 0 aliphatic heterocycles. The van der Waals surface area contributed by atoms with E-state index in [9.17, 15) is 14.9 Å². The molecule has 0 bridgehead atoms. The van der Waals surface area contributed by atoms with Crippen molar-refractivity contribution in [2.24, 2.45) is 0 Å². The molecule has 0 atom stereocenters. The van der Waals surface area contributed by atoms with E-state index in [0.717, 1.165) is 17.1 Å². The molecule has 2 N–H and O–H groups in total. The molecule has 0 saturated carbocycles. The Morgan fingerprint density at radius 2 is 2.09 bits per heavy atom. The van der Waals surface area contributed by atoms with E-state index < -0.39 is 10.8 Å². The lowest BCUT2D eigenvalue weighted by Gasteiger charge is -2.04. The Balaban J connectivity index is 1.78. The number of nitrogens with one attached hydrogen (secondary N) is 2. The van der Waals surface area contributed by atoms with Crippen LogP contribution in [0.5, 0.6) is 0 Å². The van der Waals surface area contributed by atoms with E-state index in [1.165, 1.54) is 12.1 Å². The molecule has 0 radical (unpaired) electrons. The Hall–Kier alpha value is -2.93. The van der Waals surface area contributed by atoms with Crippen LogP contribution in [0.2, 0.25) is 5.02 Å². The highest BCUT2D eigenvalue weighted by atomic mass is 35.5. The van der Waals surface area contributed by atoms with E-state index in [1.807, 2.05) is 24.3 Å². The Bertz CT molecular complexity index is 874. The van der Waals surface area contributed by atoms with Crippen molar-refractivity contribution in [3.63, 3.8) is 0 Å². The molecule has 0 saturated heterocycles. The van der Waals surface area contributed by atoms with E-state index >= 15 is 0 Å². The van der Waals surface area contributed by atoms with Gasteiger partial charge in [0.05, 0.1) is 22.5 Å². The van der Waals surface area contributed by atoms with Crippen molar-refractivity contribution in [2.75, 3.05) is 0 Å². The minimum absolute atomic E-state index is 0.0458. The van der Waals surface area contributed by atoms with Crippen molar-refractivity contribution in [1.82, 2.24) is 15.3 Å². The van der Waals surface area contributed by atoms with Gasteiger partial charge in [0.15, 0.2) is 0 Å². The van der Waals surface area contributed by atoms with Gasteiger partial charge in [-0.15, -0.1) is 0 Å². The van der Waals surface area contributed by atoms with Crippen molar-refractivity contribution < 1.29 is 9.72 Å². The maximum absolute atomic E-state index is 12.2. The zero-order valence-electron chi connectivity index (χ0n) is 11.7. The van der Waals surface area contributed by atoms with Gasteiger partial charge in [0, 0.05) is 11.1 Å². The van der Waals surface area contributed by atoms with Gasteiger partial charge in [-0.3, -0.25) is 14.9 Å². The molecule has 2 aromatic carbocycles. The maximum Gasteiger partial charge on any atom is 0.283 e. The minimum atomic E-state index is -0.637. The number of carbonyl (C=O) groups is 1. The molecule has 3 rings (SSSR count). The lowest BCUT2D eigenvalue weighted by atomic mass is 10.1. The number of benzene rings is 2. The van der Waals surface area contributed by atoms with Crippen LogP contribution >= 0.6 is 11.6 Å². The molecule has 0 spiro atoms. The molecule has 1 amide bonds. The van der Waals surface area contributed by atoms with Crippen LogP contribution in [-0.2, 0) is 6.54 Å². The smallest absolute Gasteiger partial charge is 0.283 e. The highest BCUT2D eigenvalue weighted by Crippen LogP contribution is 2.23. The number of fused-ring (bicyclic) bond motifs is 1. The quantitative estimate of drug-likeness (QED) is 0.567. The van der Waals surface area contributed by atoms with Gasteiger partial charge in [0.1, 0.15) is 11.4 Å². The van der Waals surface area contributed by atoms with Crippen LogP contribution in [-0.4, -0.2) is 20.8 Å². The fourth-order valence-corrected chi connectivity index (χ4v) is 2.36. The summed E-state index contributed by atoms with van der Waals surface area (Å²) in [7, 11) is 0. The third-order valence-corrected chi connectivity index (χ3v) is 3.49. The first-order chi connectivity index (χ1) is 11.0. The lowest BCUT2D eigenvalue weighted by Crippen LogP contribution is -2.24. The number of aromatic nitrogens is 2. The fourth-order valence-electron chi connectivity index (χ4n) is 2.20. The van der Waals surface area contributed by atoms with Gasteiger partial charge < -0.3 is 10.3 Å². The summed E-state index contributed by atoms with van der Waals surface area (Å²) >= 11 is 5.73. The average Bonchev–Trinajstić information content (AvgIpc) is 2.95. The molecule has 3 aromatic rings. The fraction of sp³-hybridized carbons (Fsp3) is 0.0667. The molecule has 7 nitrogen and oxygen atoms in total. The van der Waals surface area contributed by atoms with Gasteiger partial charge in [-0.2, -0.15) is 0 Å². The number of nitro benzene ring substituents is 1. The van der Waals surface area contributed by atoms with E-state index in [0.29, 0.717) is 5.82 Å². The molecule has 1 heterocycles. The highest BCUT2D eigenvalue weighted by molar-refractivity contribution is 6.31. The zero-order chi connectivity index (χ0) is 16.4. The van der Waals surface area contributed by atoms with Gasteiger partial charge in [-0.05, 0) is 24.3 Å². The molecule has 116 valence electrons. The molecule has 0 aliphatic rings. The molecular formula is C15H11ClN4O3. The van der Waals surface area contributed by atoms with Crippen molar-refractivity contribution in [1.29, 1.82) is 0 Å². The number of halogens is 1. The summed E-state index contributed by atoms with van der Waals surface area (Å²) in [5.41, 5.74) is 1.26. The highest BCUT2D eigenvalue weighted by Gasteiger charge is 2.20. The van der Waals surface area contributed by atoms with Gasteiger partial charge in [-0.25, -0.2) is 4.98 Å². The van der Waals surface area contributed by atoms with Gasteiger partial charge in [-0.1, -0.05) is 23.7 Å². The Morgan fingerprint density at radius 3 is 2.83 bits per heavy atom. The molecule has 0 fully saturated rings. The van der Waals surface area contributed by atoms with Crippen LogP contribution in [0.4, 0.5) is 5.69 Å². The third kappa shape index (κ3) is 3.14. The van der Waals surface area contributed by atoms with Crippen LogP contribution in [0.3, 0.4) is 0 Å². The molecule has 23 heavy (non-hydrogen) atoms. The normalized spacial score (nSPS) is 10.7. The number of carbonyl (C=O) groups excluding carboxylic acids is 1. The molecule has 1 aromatic heterocycles. The van der Waals surface area contributed by atoms with E-state index in [1.54, 1.807) is 0 Å². The topological polar surface area (TPSA) is 101 Å². The summed E-state index contributed by atoms with van der Waals surface area (Å²) < 4.78 is 0. The Morgan fingerprint density at radius 1 is 1.30 bits per heavy atom.